The van der Waals surface area contributed by atoms with E-state index in [1.54, 1.807) is 0 Å². The maximum atomic E-state index is 11.4. The molecule has 0 spiro atoms. The number of ether oxygens (including phenoxy) is 1. The van der Waals surface area contributed by atoms with Gasteiger partial charge in [0.15, 0.2) is 6.10 Å². The van der Waals surface area contributed by atoms with Crippen LogP contribution in [0.3, 0.4) is 0 Å². The summed E-state index contributed by atoms with van der Waals surface area (Å²) in [6.07, 6.45) is -0.925. The number of benzene rings is 2. The molecule has 0 bridgehead atoms. The van der Waals surface area contributed by atoms with Crippen LogP contribution in [-0.4, -0.2) is 29.3 Å². The van der Waals surface area contributed by atoms with Crippen LogP contribution in [0.5, 0.6) is 0 Å². The first-order valence-electron chi connectivity index (χ1n) is 8.22. The number of carbonyl (C=O) groups is 1. The topological polar surface area (TPSA) is 59.4 Å². The molecule has 1 heterocycles. The molecule has 0 radical (unpaired) electrons. The number of methoxy groups -OCH3 is 1. The second-order valence-electron chi connectivity index (χ2n) is 6.23. The van der Waals surface area contributed by atoms with E-state index in [4.69, 9.17) is 4.98 Å². The van der Waals surface area contributed by atoms with Crippen LogP contribution in [0.4, 0.5) is 0 Å². The number of pyridine rings is 1. The number of aliphatic hydroxyl groups excluding tert-OH is 1. The summed E-state index contributed by atoms with van der Waals surface area (Å²) in [7, 11) is 1.27. The van der Waals surface area contributed by atoms with E-state index in [9.17, 15) is 9.90 Å². The van der Waals surface area contributed by atoms with Gasteiger partial charge in [0.25, 0.3) is 0 Å². The molecule has 1 unspecified atom stereocenters. The number of fused-ring (bicyclic) bond motifs is 1. The Hall–Kier alpha value is -2.72. The van der Waals surface area contributed by atoms with Crippen molar-refractivity contribution in [2.24, 2.45) is 0 Å². The van der Waals surface area contributed by atoms with Crippen molar-refractivity contribution in [1.29, 1.82) is 0 Å². The average Bonchev–Trinajstić information content (AvgIpc) is 2.60. The van der Waals surface area contributed by atoms with E-state index >= 15 is 0 Å². The lowest BCUT2D eigenvalue weighted by atomic mass is 9.98. The van der Waals surface area contributed by atoms with Gasteiger partial charge in [-0.15, -0.1) is 0 Å². The fourth-order valence-electron chi connectivity index (χ4n) is 3.10. The predicted molar refractivity (Wildman–Crippen MR) is 98.4 cm³/mol. The fraction of sp³-hybridized carbons (Fsp3) is 0.238. The highest BCUT2D eigenvalue weighted by atomic mass is 16.5. The van der Waals surface area contributed by atoms with Gasteiger partial charge in [-0.1, -0.05) is 30.3 Å². The Bertz CT molecular complexity index is 913. The molecule has 0 saturated heterocycles. The first kappa shape index (κ1) is 17.1. The van der Waals surface area contributed by atoms with E-state index in [0.29, 0.717) is 0 Å². The van der Waals surface area contributed by atoms with Crippen LogP contribution in [0.1, 0.15) is 16.7 Å². The molecular formula is C21H21NO3. The van der Waals surface area contributed by atoms with Gasteiger partial charge < -0.3 is 9.84 Å². The molecular weight excluding hydrogens is 314 g/mol. The fourth-order valence-corrected chi connectivity index (χ4v) is 3.10. The van der Waals surface area contributed by atoms with Gasteiger partial charge in [-0.05, 0) is 48.7 Å². The lowest BCUT2D eigenvalue weighted by molar-refractivity contribution is -0.150. The molecule has 2 aromatic carbocycles. The Balaban J connectivity index is 1.95. The second kappa shape index (κ2) is 7.03. The van der Waals surface area contributed by atoms with Crippen LogP contribution >= 0.6 is 0 Å². The van der Waals surface area contributed by atoms with Crippen molar-refractivity contribution in [3.63, 3.8) is 0 Å². The molecule has 0 aliphatic rings. The SMILES string of the molecule is COC(=O)C(O)Cc1ccc2nc(-c3c(C)cccc3C)ccc2c1. The van der Waals surface area contributed by atoms with Crippen molar-refractivity contribution in [2.45, 2.75) is 26.4 Å². The number of aromatic nitrogens is 1. The van der Waals surface area contributed by atoms with Crippen molar-refractivity contribution >= 4 is 16.9 Å². The third kappa shape index (κ3) is 3.54. The largest absolute Gasteiger partial charge is 0.467 e. The minimum atomic E-state index is -1.15. The van der Waals surface area contributed by atoms with Gasteiger partial charge in [-0.3, -0.25) is 0 Å². The van der Waals surface area contributed by atoms with Crippen LogP contribution in [0.2, 0.25) is 0 Å². The lowest BCUT2D eigenvalue weighted by Gasteiger charge is -2.11. The third-order valence-corrected chi connectivity index (χ3v) is 4.39. The Kier molecular flexibility index (Phi) is 4.81. The summed E-state index contributed by atoms with van der Waals surface area (Å²) >= 11 is 0. The zero-order valence-corrected chi connectivity index (χ0v) is 14.6. The summed E-state index contributed by atoms with van der Waals surface area (Å²) in [5, 5.41) is 10.8. The smallest absolute Gasteiger partial charge is 0.335 e. The highest BCUT2D eigenvalue weighted by Crippen LogP contribution is 2.27. The Morgan fingerprint density at radius 1 is 1.12 bits per heavy atom. The number of carbonyl (C=O) groups excluding carboxylic acids is 1. The van der Waals surface area contributed by atoms with Crippen molar-refractivity contribution in [1.82, 2.24) is 4.98 Å². The number of hydrogen-bond acceptors (Lipinski definition) is 4. The molecule has 3 rings (SSSR count). The number of aliphatic hydroxyl groups is 1. The molecule has 4 heteroatoms. The van der Waals surface area contributed by atoms with Gasteiger partial charge in [0.05, 0.1) is 18.3 Å². The van der Waals surface area contributed by atoms with Gasteiger partial charge >= 0.3 is 5.97 Å². The van der Waals surface area contributed by atoms with Crippen molar-refractivity contribution in [2.75, 3.05) is 7.11 Å². The van der Waals surface area contributed by atoms with E-state index in [2.05, 4.69) is 30.7 Å². The first-order valence-corrected chi connectivity index (χ1v) is 8.22. The molecule has 1 N–H and O–H groups in total. The van der Waals surface area contributed by atoms with Crippen LogP contribution in [0, 0.1) is 13.8 Å². The average molecular weight is 335 g/mol. The van der Waals surface area contributed by atoms with Gasteiger partial charge in [0.1, 0.15) is 0 Å². The summed E-state index contributed by atoms with van der Waals surface area (Å²) in [5.41, 5.74) is 6.26. The van der Waals surface area contributed by atoms with E-state index in [-0.39, 0.29) is 6.42 Å². The molecule has 1 aromatic heterocycles. The van der Waals surface area contributed by atoms with E-state index in [0.717, 1.165) is 27.7 Å². The predicted octanol–water partition coefficient (Wildman–Crippen LogP) is 3.60. The molecule has 1 atom stereocenters. The van der Waals surface area contributed by atoms with Crippen LogP contribution in [-0.2, 0) is 16.0 Å². The van der Waals surface area contributed by atoms with Crippen molar-refractivity contribution < 1.29 is 14.6 Å². The molecule has 25 heavy (non-hydrogen) atoms. The summed E-state index contributed by atoms with van der Waals surface area (Å²) in [6.45, 7) is 4.18. The molecule has 0 aliphatic heterocycles. The Morgan fingerprint density at radius 2 is 1.84 bits per heavy atom. The number of hydrogen-bond donors (Lipinski definition) is 1. The van der Waals surface area contributed by atoms with Crippen molar-refractivity contribution in [3.8, 4) is 11.3 Å². The van der Waals surface area contributed by atoms with Gasteiger partial charge in [-0.2, -0.15) is 0 Å². The van der Waals surface area contributed by atoms with E-state index in [1.807, 2.05) is 36.4 Å². The monoisotopic (exact) mass is 335 g/mol. The van der Waals surface area contributed by atoms with Crippen molar-refractivity contribution in [3.05, 3.63) is 65.2 Å². The number of rotatable bonds is 4. The third-order valence-electron chi connectivity index (χ3n) is 4.39. The van der Waals surface area contributed by atoms with E-state index in [1.165, 1.54) is 18.2 Å². The number of aryl methyl sites for hydroxylation is 2. The maximum Gasteiger partial charge on any atom is 0.335 e. The highest BCUT2D eigenvalue weighted by Gasteiger charge is 2.16. The highest BCUT2D eigenvalue weighted by molar-refractivity contribution is 5.83. The molecule has 0 amide bonds. The zero-order valence-electron chi connectivity index (χ0n) is 14.6. The zero-order chi connectivity index (χ0) is 18.0. The number of esters is 1. The van der Waals surface area contributed by atoms with Crippen LogP contribution in [0.15, 0.2) is 48.5 Å². The Morgan fingerprint density at radius 3 is 2.52 bits per heavy atom. The summed E-state index contributed by atoms with van der Waals surface area (Å²) in [6, 6.07) is 16.0. The molecule has 4 nitrogen and oxygen atoms in total. The van der Waals surface area contributed by atoms with Crippen LogP contribution < -0.4 is 0 Å². The van der Waals surface area contributed by atoms with Gasteiger partial charge in [-0.25, -0.2) is 9.78 Å². The van der Waals surface area contributed by atoms with E-state index < -0.39 is 12.1 Å². The second-order valence-corrected chi connectivity index (χ2v) is 6.23. The summed E-state index contributed by atoms with van der Waals surface area (Å²) in [4.78, 5) is 16.1. The quantitative estimate of drug-likeness (QED) is 0.740. The maximum absolute atomic E-state index is 11.4. The number of nitrogens with zero attached hydrogens (tertiary/aromatic N) is 1. The normalized spacial score (nSPS) is 12.2. The first-order chi connectivity index (χ1) is 12.0. The van der Waals surface area contributed by atoms with Crippen LogP contribution in [0.25, 0.3) is 22.2 Å². The van der Waals surface area contributed by atoms with Gasteiger partial charge in [0, 0.05) is 17.4 Å². The minimum Gasteiger partial charge on any atom is -0.467 e. The standard InChI is InChI=1S/C21H21NO3/c1-13-5-4-6-14(2)20(13)18-10-8-16-11-15(7-9-17(16)22-18)12-19(23)21(24)25-3/h4-11,19,23H,12H2,1-3H3. The van der Waals surface area contributed by atoms with Gasteiger partial charge in [0.2, 0.25) is 0 Å². The summed E-state index contributed by atoms with van der Waals surface area (Å²) < 4.78 is 4.56. The molecule has 0 aliphatic carbocycles. The summed E-state index contributed by atoms with van der Waals surface area (Å²) in [5.74, 6) is -0.622. The molecule has 128 valence electrons. The Labute approximate surface area is 147 Å². The molecule has 0 saturated carbocycles. The minimum absolute atomic E-state index is 0.223. The lowest BCUT2D eigenvalue weighted by Crippen LogP contribution is -2.24. The molecule has 3 aromatic rings. The molecule has 0 fully saturated rings.